The maximum Gasteiger partial charge on any atom is 0.287 e. The van der Waals surface area contributed by atoms with Gasteiger partial charge in [0.2, 0.25) is 0 Å². The average molecular weight is 317 g/mol. The molecule has 0 radical (unpaired) electrons. The number of rotatable bonds is 4. The van der Waals surface area contributed by atoms with Crippen LogP contribution < -0.4 is 5.32 Å². The number of furan rings is 1. The lowest BCUT2D eigenvalue weighted by Gasteiger charge is -2.10. The van der Waals surface area contributed by atoms with Gasteiger partial charge in [-0.25, -0.2) is 9.67 Å². The van der Waals surface area contributed by atoms with Crippen molar-refractivity contribution in [2.24, 2.45) is 0 Å². The maximum atomic E-state index is 11.9. The average Bonchev–Trinajstić information content (AvgIpc) is 3.17. The van der Waals surface area contributed by atoms with Crippen molar-refractivity contribution in [3.8, 4) is 5.82 Å². The fourth-order valence-corrected chi connectivity index (χ4v) is 2.13. The summed E-state index contributed by atoms with van der Waals surface area (Å²) in [5.41, 5.74) is 1.67. The van der Waals surface area contributed by atoms with Crippen molar-refractivity contribution in [1.82, 2.24) is 20.1 Å². The first-order chi connectivity index (χ1) is 10.6. The molecule has 1 amide bonds. The summed E-state index contributed by atoms with van der Waals surface area (Å²) in [6, 6.07) is 7.05. The van der Waals surface area contributed by atoms with Gasteiger partial charge < -0.3 is 9.73 Å². The molecule has 0 aliphatic heterocycles. The molecule has 0 fully saturated rings. The fraction of sp³-hybridized carbons (Fsp3) is 0.133. The zero-order valence-corrected chi connectivity index (χ0v) is 12.5. The Balaban J connectivity index is 1.83. The van der Waals surface area contributed by atoms with Crippen LogP contribution in [0.2, 0.25) is 5.02 Å². The van der Waals surface area contributed by atoms with Crippen molar-refractivity contribution < 1.29 is 9.21 Å². The van der Waals surface area contributed by atoms with Gasteiger partial charge in [-0.2, -0.15) is 5.10 Å². The number of halogens is 1. The molecule has 3 aromatic rings. The maximum absolute atomic E-state index is 11.9. The minimum Gasteiger partial charge on any atom is -0.459 e. The molecule has 0 saturated heterocycles. The smallest absolute Gasteiger partial charge is 0.287 e. The van der Waals surface area contributed by atoms with Crippen molar-refractivity contribution in [3.05, 3.63) is 65.0 Å². The molecule has 3 rings (SSSR count). The normalized spacial score (nSPS) is 10.6. The molecule has 1 N–H and O–H groups in total. The third kappa shape index (κ3) is 3.01. The van der Waals surface area contributed by atoms with E-state index in [1.54, 1.807) is 23.0 Å². The lowest BCUT2D eigenvalue weighted by Crippen LogP contribution is -2.23. The van der Waals surface area contributed by atoms with Crippen LogP contribution in [-0.4, -0.2) is 20.7 Å². The number of nitrogens with zero attached hydrogens (tertiary/aromatic N) is 3. The van der Waals surface area contributed by atoms with Crippen LogP contribution in [0.3, 0.4) is 0 Å². The summed E-state index contributed by atoms with van der Waals surface area (Å²) >= 11 is 5.90. The fourth-order valence-electron chi connectivity index (χ4n) is 2.00. The lowest BCUT2D eigenvalue weighted by atomic mass is 10.2. The van der Waals surface area contributed by atoms with Gasteiger partial charge in [0, 0.05) is 17.8 Å². The highest BCUT2D eigenvalue weighted by atomic mass is 35.5. The number of carbonyl (C=O) groups is 1. The monoisotopic (exact) mass is 316 g/mol. The second-order valence-corrected chi connectivity index (χ2v) is 5.13. The number of hydrogen-bond donors (Lipinski definition) is 1. The van der Waals surface area contributed by atoms with Gasteiger partial charge in [-0.15, -0.1) is 0 Å². The zero-order chi connectivity index (χ0) is 15.5. The molecule has 0 aromatic carbocycles. The van der Waals surface area contributed by atoms with Gasteiger partial charge in [-0.05, 0) is 25.1 Å². The quantitative estimate of drug-likeness (QED) is 0.803. The van der Waals surface area contributed by atoms with Gasteiger partial charge in [0.25, 0.3) is 5.91 Å². The molecule has 0 aliphatic rings. The van der Waals surface area contributed by atoms with Crippen LogP contribution in [0.1, 0.15) is 21.8 Å². The first-order valence-electron chi connectivity index (χ1n) is 6.62. The Morgan fingerprint density at radius 2 is 2.27 bits per heavy atom. The number of aryl methyl sites for hydroxylation is 1. The van der Waals surface area contributed by atoms with E-state index in [4.69, 9.17) is 16.0 Å². The van der Waals surface area contributed by atoms with E-state index >= 15 is 0 Å². The van der Waals surface area contributed by atoms with Crippen LogP contribution in [0.4, 0.5) is 0 Å². The Labute approximate surface area is 131 Å². The summed E-state index contributed by atoms with van der Waals surface area (Å²) < 4.78 is 6.65. The summed E-state index contributed by atoms with van der Waals surface area (Å²) in [6.45, 7) is 2.19. The summed E-state index contributed by atoms with van der Waals surface area (Å²) in [5.74, 6) is 0.616. The number of pyridine rings is 1. The molecule has 0 bridgehead atoms. The molecule has 112 valence electrons. The van der Waals surface area contributed by atoms with Crippen LogP contribution in [-0.2, 0) is 6.54 Å². The predicted molar refractivity (Wildman–Crippen MR) is 81.0 cm³/mol. The molecule has 6 nitrogen and oxygen atoms in total. The van der Waals surface area contributed by atoms with Gasteiger partial charge in [0.15, 0.2) is 11.6 Å². The van der Waals surface area contributed by atoms with E-state index in [1.165, 1.54) is 12.5 Å². The van der Waals surface area contributed by atoms with Crippen LogP contribution in [0.15, 0.2) is 47.3 Å². The lowest BCUT2D eigenvalue weighted by molar-refractivity contribution is 0.0923. The van der Waals surface area contributed by atoms with E-state index in [-0.39, 0.29) is 11.7 Å². The van der Waals surface area contributed by atoms with Crippen LogP contribution in [0, 0.1) is 6.92 Å². The highest BCUT2D eigenvalue weighted by Gasteiger charge is 2.12. The molecule has 3 heterocycles. The topological polar surface area (TPSA) is 73.0 Å². The molecule has 0 saturated carbocycles. The predicted octanol–water partition coefficient (Wildman–Crippen LogP) is 2.75. The minimum atomic E-state index is -0.282. The Morgan fingerprint density at radius 1 is 1.41 bits per heavy atom. The van der Waals surface area contributed by atoms with E-state index in [0.717, 1.165) is 11.3 Å². The number of aromatic nitrogens is 3. The second-order valence-electron chi connectivity index (χ2n) is 4.70. The summed E-state index contributed by atoms with van der Waals surface area (Å²) in [4.78, 5) is 16.4. The Bertz CT molecular complexity index is 796. The molecule has 7 heteroatoms. The third-order valence-corrected chi connectivity index (χ3v) is 3.24. The number of nitrogens with one attached hydrogen (secondary N) is 1. The molecular formula is C15H13ClN4O2. The van der Waals surface area contributed by atoms with Crippen LogP contribution in [0.25, 0.3) is 5.82 Å². The van der Waals surface area contributed by atoms with Crippen molar-refractivity contribution in [2.45, 2.75) is 13.5 Å². The first kappa shape index (κ1) is 14.3. The van der Waals surface area contributed by atoms with Crippen molar-refractivity contribution >= 4 is 17.5 Å². The van der Waals surface area contributed by atoms with Crippen molar-refractivity contribution in [1.29, 1.82) is 0 Å². The summed E-state index contributed by atoms with van der Waals surface area (Å²) in [6.07, 6.45) is 4.66. The van der Waals surface area contributed by atoms with Gasteiger partial charge in [-0.1, -0.05) is 17.7 Å². The molecule has 0 aliphatic carbocycles. The Morgan fingerprint density at radius 3 is 2.95 bits per heavy atom. The minimum absolute atomic E-state index is 0.267. The van der Waals surface area contributed by atoms with E-state index in [0.29, 0.717) is 17.4 Å². The Hall–Kier alpha value is -2.60. The largest absolute Gasteiger partial charge is 0.459 e. The SMILES string of the molecule is Cc1ccc(CNC(=O)c2ccco2)c(-n2cc(Cl)cn2)n1. The molecule has 0 unspecified atom stereocenters. The van der Waals surface area contributed by atoms with Gasteiger partial charge >= 0.3 is 0 Å². The number of carbonyl (C=O) groups excluding carboxylic acids is 1. The third-order valence-electron chi connectivity index (χ3n) is 3.05. The molecular weight excluding hydrogens is 304 g/mol. The molecule has 22 heavy (non-hydrogen) atoms. The van der Waals surface area contributed by atoms with Gasteiger partial charge in [-0.3, -0.25) is 4.79 Å². The number of amides is 1. The van der Waals surface area contributed by atoms with E-state index in [2.05, 4.69) is 15.4 Å². The summed E-state index contributed by atoms with van der Waals surface area (Å²) in [5, 5.41) is 7.47. The number of hydrogen-bond acceptors (Lipinski definition) is 4. The molecule has 0 atom stereocenters. The highest BCUT2D eigenvalue weighted by molar-refractivity contribution is 6.30. The van der Waals surface area contributed by atoms with E-state index < -0.39 is 0 Å². The van der Waals surface area contributed by atoms with E-state index in [1.807, 2.05) is 19.1 Å². The van der Waals surface area contributed by atoms with E-state index in [9.17, 15) is 4.79 Å². The Kier molecular flexibility index (Phi) is 3.93. The second kappa shape index (κ2) is 6.03. The van der Waals surface area contributed by atoms with Crippen LogP contribution in [0.5, 0.6) is 0 Å². The van der Waals surface area contributed by atoms with Gasteiger partial charge in [0.05, 0.1) is 23.7 Å². The van der Waals surface area contributed by atoms with Crippen LogP contribution >= 0.6 is 11.6 Å². The van der Waals surface area contributed by atoms with Crippen molar-refractivity contribution in [2.75, 3.05) is 0 Å². The summed E-state index contributed by atoms with van der Waals surface area (Å²) in [7, 11) is 0. The standard InChI is InChI=1S/C15H13ClN4O2/c1-10-4-5-11(7-17-15(21)13-3-2-6-22-13)14(19-10)20-9-12(16)8-18-20/h2-6,8-9H,7H2,1H3,(H,17,21). The highest BCUT2D eigenvalue weighted by Crippen LogP contribution is 2.15. The zero-order valence-electron chi connectivity index (χ0n) is 11.8. The molecule has 3 aromatic heterocycles. The first-order valence-corrected chi connectivity index (χ1v) is 7.00. The molecule has 0 spiro atoms. The van der Waals surface area contributed by atoms with Crippen molar-refractivity contribution in [3.63, 3.8) is 0 Å². The van der Waals surface area contributed by atoms with Gasteiger partial charge in [0.1, 0.15) is 0 Å².